The number of hydrogen-bond acceptors (Lipinski definition) is 5. The lowest BCUT2D eigenvalue weighted by Crippen LogP contribution is -2.54. The predicted octanol–water partition coefficient (Wildman–Crippen LogP) is 0.809. The Kier molecular flexibility index (Phi) is 5.91. The van der Waals surface area contributed by atoms with E-state index in [9.17, 15) is 18.8 Å². The number of benzene rings is 1. The molecule has 0 bridgehead atoms. The van der Waals surface area contributed by atoms with Crippen LogP contribution in [0.1, 0.15) is 25.3 Å². The number of esters is 1. The van der Waals surface area contributed by atoms with Crippen LogP contribution in [0.25, 0.3) is 0 Å². The monoisotopic (exact) mass is 392 g/mol. The number of amides is 1. The number of rotatable bonds is 6. The van der Waals surface area contributed by atoms with E-state index in [1.165, 1.54) is 16.8 Å². The van der Waals surface area contributed by atoms with Crippen molar-refractivity contribution in [3.05, 3.63) is 52.3 Å². The molecule has 2 aromatic rings. The minimum absolute atomic E-state index is 0.0960. The summed E-state index contributed by atoms with van der Waals surface area (Å²) in [6.07, 6.45) is 2.71. The minimum atomic E-state index is -0.893. The topological polar surface area (TPSA) is 96.5 Å². The summed E-state index contributed by atoms with van der Waals surface area (Å²) in [5, 5.41) is 2.34. The van der Waals surface area contributed by atoms with E-state index >= 15 is 0 Å². The molecule has 28 heavy (non-hydrogen) atoms. The molecular formula is C19H23FN3O5+. The largest absolute Gasteiger partial charge is 0.466 e. The van der Waals surface area contributed by atoms with Gasteiger partial charge in [0.2, 0.25) is 0 Å². The fraction of sp³-hybridized carbons (Fsp3) is 0.474. The summed E-state index contributed by atoms with van der Waals surface area (Å²) in [5.41, 5.74) is -0.670. The second kappa shape index (κ2) is 8.37. The molecule has 1 aliphatic rings. The van der Waals surface area contributed by atoms with Gasteiger partial charge in [-0.2, -0.15) is 0 Å². The third kappa shape index (κ3) is 4.47. The summed E-state index contributed by atoms with van der Waals surface area (Å²) in [7, 11) is 0. The van der Waals surface area contributed by atoms with Crippen molar-refractivity contribution in [1.82, 2.24) is 10.2 Å². The van der Waals surface area contributed by atoms with E-state index in [-0.39, 0.29) is 37.4 Å². The van der Waals surface area contributed by atoms with E-state index in [0.717, 1.165) is 11.8 Å². The number of H-pyrrole nitrogens is 1. The van der Waals surface area contributed by atoms with Gasteiger partial charge in [-0.15, -0.1) is 0 Å². The average Bonchev–Trinajstić information content (AvgIpc) is 3.08. The predicted molar refractivity (Wildman–Crippen MR) is 94.5 cm³/mol. The van der Waals surface area contributed by atoms with Gasteiger partial charge in [-0.05, 0) is 49.2 Å². The Balaban J connectivity index is 1.80. The molecule has 1 aromatic heterocycles. The van der Waals surface area contributed by atoms with Gasteiger partial charge in [0.1, 0.15) is 5.82 Å². The normalized spacial score (nSPS) is 19.4. The Hall–Kier alpha value is -2.97. The minimum Gasteiger partial charge on any atom is -0.466 e. The fourth-order valence-electron chi connectivity index (χ4n) is 3.61. The second-order valence-corrected chi connectivity index (χ2v) is 6.99. The van der Waals surface area contributed by atoms with Crippen LogP contribution in [0.15, 0.2) is 39.8 Å². The lowest BCUT2D eigenvalue weighted by atomic mass is 9.75. The summed E-state index contributed by atoms with van der Waals surface area (Å²) < 4.78 is 24.4. The van der Waals surface area contributed by atoms with Gasteiger partial charge < -0.3 is 9.64 Å². The SMILES string of the molecule is CCOC(=O)C1(Cc2ccc(F)cc2)CCCN(C(=O)C[n+]2cc(=O)o[nH]2)C1. The van der Waals surface area contributed by atoms with Gasteiger partial charge in [-0.25, -0.2) is 9.18 Å². The van der Waals surface area contributed by atoms with Gasteiger partial charge in [0.15, 0.2) is 0 Å². The molecule has 3 rings (SSSR count). The van der Waals surface area contributed by atoms with Crippen molar-refractivity contribution < 1.29 is 27.9 Å². The second-order valence-electron chi connectivity index (χ2n) is 6.99. The highest BCUT2D eigenvalue weighted by atomic mass is 19.1. The number of halogens is 1. The third-order valence-corrected chi connectivity index (χ3v) is 4.92. The van der Waals surface area contributed by atoms with E-state index in [0.29, 0.717) is 25.8 Å². The molecule has 0 radical (unpaired) electrons. The van der Waals surface area contributed by atoms with E-state index < -0.39 is 11.0 Å². The van der Waals surface area contributed by atoms with Gasteiger partial charge in [-0.1, -0.05) is 16.8 Å². The number of carbonyl (C=O) groups is 2. The molecule has 1 aliphatic heterocycles. The number of nitrogens with zero attached hydrogens (tertiary/aromatic N) is 2. The summed E-state index contributed by atoms with van der Waals surface area (Å²) in [6.45, 7) is 2.59. The fourth-order valence-corrected chi connectivity index (χ4v) is 3.61. The maximum absolute atomic E-state index is 13.2. The Bertz CT molecular complexity index is 891. The van der Waals surface area contributed by atoms with E-state index in [2.05, 4.69) is 9.79 Å². The summed E-state index contributed by atoms with van der Waals surface area (Å²) in [5.74, 6) is -0.948. The molecule has 0 saturated carbocycles. The molecule has 1 fully saturated rings. The first-order chi connectivity index (χ1) is 13.4. The first-order valence-electron chi connectivity index (χ1n) is 9.19. The van der Waals surface area contributed by atoms with E-state index in [1.807, 2.05) is 0 Å². The third-order valence-electron chi connectivity index (χ3n) is 4.92. The number of hydrogen-bond donors (Lipinski definition) is 1. The van der Waals surface area contributed by atoms with Gasteiger partial charge in [-0.3, -0.25) is 14.1 Å². The molecule has 150 valence electrons. The van der Waals surface area contributed by atoms with Crippen molar-refractivity contribution in [2.45, 2.75) is 32.7 Å². The molecule has 1 N–H and O–H groups in total. The summed E-state index contributed by atoms with van der Waals surface area (Å²) in [4.78, 5) is 38.2. The quantitative estimate of drug-likeness (QED) is 0.580. The van der Waals surface area contributed by atoms with Crippen molar-refractivity contribution in [2.24, 2.45) is 5.41 Å². The van der Waals surface area contributed by atoms with Crippen LogP contribution in [0.3, 0.4) is 0 Å². The van der Waals surface area contributed by atoms with Crippen molar-refractivity contribution in [2.75, 3.05) is 19.7 Å². The van der Waals surface area contributed by atoms with Crippen LogP contribution in [-0.2, 0) is 27.3 Å². The maximum Gasteiger partial charge on any atom is 0.426 e. The summed E-state index contributed by atoms with van der Waals surface area (Å²) in [6, 6.07) is 5.99. The molecular weight excluding hydrogens is 369 g/mol. The zero-order chi connectivity index (χ0) is 20.1. The Morgan fingerprint density at radius 1 is 1.36 bits per heavy atom. The molecule has 0 aliphatic carbocycles. The van der Waals surface area contributed by atoms with Gasteiger partial charge in [0.25, 0.3) is 18.6 Å². The molecule has 2 heterocycles. The number of nitrogens with one attached hydrogen (secondary N) is 1. The Labute approximate surface area is 160 Å². The van der Waals surface area contributed by atoms with E-state index in [1.54, 1.807) is 24.0 Å². The highest BCUT2D eigenvalue weighted by Gasteiger charge is 2.45. The highest BCUT2D eigenvalue weighted by molar-refractivity contribution is 5.80. The molecule has 1 aromatic carbocycles. The lowest BCUT2D eigenvalue weighted by Gasteiger charge is -2.40. The molecule has 1 unspecified atom stereocenters. The number of ether oxygens (including phenoxy) is 1. The van der Waals surface area contributed by atoms with Gasteiger partial charge in [0.05, 0.1) is 12.0 Å². The lowest BCUT2D eigenvalue weighted by molar-refractivity contribution is -0.751. The van der Waals surface area contributed by atoms with Crippen molar-refractivity contribution >= 4 is 11.9 Å². The van der Waals surface area contributed by atoms with Crippen LogP contribution in [0, 0.1) is 11.2 Å². The van der Waals surface area contributed by atoms with Crippen molar-refractivity contribution in [1.29, 1.82) is 0 Å². The Morgan fingerprint density at radius 2 is 2.11 bits per heavy atom. The Morgan fingerprint density at radius 3 is 2.75 bits per heavy atom. The van der Waals surface area contributed by atoms with Crippen LogP contribution < -0.4 is 10.3 Å². The number of piperidine rings is 1. The smallest absolute Gasteiger partial charge is 0.426 e. The highest BCUT2D eigenvalue weighted by Crippen LogP contribution is 2.35. The molecule has 8 nitrogen and oxygen atoms in total. The number of aromatic nitrogens is 2. The number of likely N-dealkylation sites (tertiary alicyclic amines) is 1. The van der Waals surface area contributed by atoms with Gasteiger partial charge >= 0.3 is 11.6 Å². The molecule has 9 heteroatoms. The first kappa shape index (κ1) is 19.8. The van der Waals surface area contributed by atoms with Crippen LogP contribution in [0.2, 0.25) is 0 Å². The van der Waals surface area contributed by atoms with Gasteiger partial charge in [0, 0.05) is 13.1 Å². The number of carbonyl (C=O) groups excluding carboxylic acids is 2. The zero-order valence-electron chi connectivity index (χ0n) is 15.7. The van der Waals surface area contributed by atoms with Crippen LogP contribution in [0.5, 0.6) is 0 Å². The maximum atomic E-state index is 13.2. The van der Waals surface area contributed by atoms with Crippen LogP contribution >= 0.6 is 0 Å². The first-order valence-corrected chi connectivity index (χ1v) is 9.19. The molecule has 1 atom stereocenters. The summed E-state index contributed by atoms with van der Waals surface area (Å²) >= 11 is 0. The number of aromatic amines is 1. The van der Waals surface area contributed by atoms with Crippen LogP contribution in [0.4, 0.5) is 4.39 Å². The molecule has 0 spiro atoms. The van der Waals surface area contributed by atoms with Crippen molar-refractivity contribution in [3.63, 3.8) is 0 Å². The van der Waals surface area contributed by atoms with Crippen molar-refractivity contribution in [3.8, 4) is 0 Å². The zero-order valence-corrected chi connectivity index (χ0v) is 15.7. The van der Waals surface area contributed by atoms with Crippen LogP contribution in [-0.4, -0.2) is 41.7 Å². The average molecular weight is 392 g/mol. The standard InChI is InChI=1S/C19H22FN3O5/c1-2-27-18(26)19(10-14-4-6-15(20)7-5-14)8-3-9-22(13-19)16(24)11-23-12-17(25)28-21-23/h4-7,12H,2-3,8-11,13H2,1H3/p+1. The molecule has 1 amide bonds. The van der Waals surface area contributed by atoms with E-state index in [4.69, 9.17) is 4.74 Å². The molecule has 1 saturated heterocycles.